The topological polar surface area (TPSA) is 98.1 Å². The van der Waals surface area contributed by atoms with Gasteiger partial charge in [-0.25, -0.2) is 4.68 Å². The van der Waals surface area contributed by atoms with Crippen molar-refractivity contribution in [1.82, 2.24) is 14.8 Å². The number of rotatable bonds is 6. The molecule has 0 atom stereocenters. The summed E-state index contributed by atoms with van der Waals surface area (Å²) in [4.78, 5) is 29.7. The summed E-state index contributed by atoms with van der Waals surface area (Å²) in [6.07, 6.45) is 3.48. The molecule has 1 aliphatic rings. The third kappa shape index (κ3) is 6.04. The zero-order valence-electron chi connectivity index (χ0n) is 21.5. The summed E-state index contributed by atoms with van der Waals surface area (Å²) in [6.45, 7) is 3.00. The summed E-state index contributed by atoms with van der Waals surface area (Å²) < 4.78 is 46.2. The van der Waals surface area contributed by atoms with E-state index in [9.17, 15) is 22.8 Å². The number of nitrogens with zero attached hydrogens (tertiary/aromatic N) is 3. The number of nitrogens with one attached hydrogen (secondary N) is 2. The van der Waals surface area contributed by atoms with Gasteiger partial charge in [0.1, 0.15) is 0 Å². The van der Waals surface area contributed by atoms with Crippen molar-refractivity contribution in [3.05, 3.63) is 90.0 Å². The summed E-state index contributed by atoms with van der Waals surface area (Å²) in [5, 5.41) is 10.1. The lowest BCUT2D eigenvalue weighted by Crippen LogP contribution is -2.28. The van der Waals surface area contributed by atoms with Crippen LogP contribution in [0.3, 0.4) is 0 Å². The number of hydrogen-bond donors (Lipinski definition) is 2. The van der Waals surface area contributed by atoms with Crippen LogP contribution in [0.1, 0.15) is 34.3 Å². The Kier molecular flexibility index (Phi) is 7.65. The zero-order valence-corrected chi connectivity index (χ0v) is 21.5. The molecule has 206 valence electrons. The Morgan fingerprint density at radius 1 is 1.02 bits per heavy atom. The molecule has 1 fully saturated rings. The van der Waals surface area contributed by atoms with Crippen LogP contribution < -0.4 is 10.6 Å². The van der Waals surface area contributed by atoms with Crippen molar-refractivity contribution in [3.63, 3.8) is 0 Å². The van der Waals surface area contributed by atoms with Gasteiger partial charge in [-0.05, 0) is 61.7 Å². The zero-order chi connectivity index (χ0) is 28.3. The van der Waals surface area contributed by atoms with Gasteiger partial charge in [0.2, 0.25) is 5.91 Å². The molecular formula is C29H26F3N5O3. The highest BCUT2D eigenvalue weighted by atomic mass is 19.4. The molecule has 0 radical (unpaired) electrons. The van der Waals surface area contributed by atoms with Crippen molar-refractivity contribution in [1.29, 1.82) is 0 Å². The number of alkyl halides is 3. The van der Waals surface area contributed by atoms with E-state index in [2.05, 4.69) is 20.7 Å². The first-order valence-corrected chi connectivity index (χ1v) is 12.7. The van der Waals surface area contributed by atoms with E-state index in [4.69, 9.17) is 4.74 Å². The number of ether oxygens (including phenoxy) is 1. The van der Waals surface area contributed by atoms with Gasteiger partial charge >= 0.3 is 6.18 Å². The molecule has 2 aromatic heterocycles. The number of carbonyl (C=O) groups excluding carboxylic acids is 2. The minimum Gasteiger partial charge on any atom is -0.381 e. The standard InChI is InChI=1S/C29H26F3N5O3/c1-18-5-6-23(35-28(39)20-3-2-4-22(13-20)29(30,31)32)14-26(18)37-17-21(15-34-37)24-16-33-10-7-25(24)36-27(38)19-8-11-40-12-9-19/h2-7,10,13-17,19H,8-9,11-12H2,1H3,(H,35,39)(H,33,36,38). The molecule has 1 saturated heterocycles. The number of hydrogen-bond acceptors (Lipinski definition) is 5. The van der Waals surface area contributed by atoms with Gasteiger partial charge in [-0.3, -0.25) is 14.6 Å². The number of anilines is 2. The maximum absolute atomic E-state index is 13.1. The van der Waals surface area contributed by atoms with Crippen LogP contribution in [0.4, 0.5) is 24.5 Å². The molecular weight excluding hydrogens is 523 g/mol. The van der Waals surface area contributed by atoms with Gasteiger partial charge in [-0.1, -0.05) is 12.1 Å². The highest BCUT2D eigenvalue weighted by molar-refractivity contribution is 6.04. The van der Waals surface area contributed by atoms with Crippen LogP contribution in [0.5, 0.6) is 0 Å². The second kappa shape index (κ2) is 11.3. The fraction of sp³-hybridized carbons (Fsp3) is 0.241. The second-order valence-electron chi connectivity index (χ2n) is 9.50. The highest BCUT2D eigenvalue weighted by Crippen LogP contribution is 2.31. The number of pyridine rings is 1. The maximum atomic E-state index is 13.1. The SMILES string of the molecule is Cc1ccc(NC(=O)c2cccc(C(F)(F)F)c2)cc1-n1cc(-c2cnccc2NC(=O)C2CCOCC2)cn1. The Bertz CT molecular complexity index is 1540. The quantitative estimate of drug-likeness (QED) is 0.313. The smallest absolute Gasteiger partial charge is 0.381 e. The van der Waals surface area contributed by atoms with E-state index in [1.54, 1.807) is 53.7 Å². The third-order valence-electron chi connectivity index (χ3n) is 6.73. The first kappa shape index (κ1) is 27.1. The predicted octanol–water partition coefficient (Wildman–Crippen LogP) is 5.88. The molecule has 1 aliphatic heterocycles. The van der Waals surface area contributed by atoms with Gasteiger partial charge in [0.15, 0.2) is 0 Å². The third-order valence-corrected chi connectivity index (χ3v) is 6.73. The molecule has 0 aliphatic carbocycles. The van der Waals surface area contributed by atoms with Crippen molar-refractivity contribution < 1.29 is 27.5 Å². The molecule has 2 amide bonds. The van der Waals surface area contributed by atoms with E-state index in [1.165, 1.54) is 12.1 Å². The lowest BCUT2D eigenvalue weighted by molar-refractivity contribution is -0.137. The summed E-state index contributed by atoms with van der Waals surface area (Å²) in [7, 11) is 0. The minimum atomic E-state index is -4.55. The van der Waals surface area contributed by atoms with E-state index < -0.39 is 17.6 Å². The van der Waals surface area contributed by atoms with Crippen molar-refractivity contribution in [3.8, 4) is 16.8 Å². The van der Waals surface area contributed by atoms with Crippen LogP contribution in [0.25, 0.3) is 16.8 Å². The Hall–Kier alpha value is -4.51. The molecule has 2 aromatic carbocycles. The fourth-order valence-corrected chi connectivity index (χ4v) is 4.50. The lowest BCUT2D eigenvalue weighted by atomic mass is 9.99. The van der Waals surface area contributed by atoms with Crippen molar-refractivity contribution in [2.75, 3.05) is 23.8 Å². The second-order valence-corrected chi connectivity index (χ2v) is 9.50. The average Bonchev–Trinajstić information content (AvgIpc) is 3.44. The molecule has 0 unspecified atom stereocenters. The number of amides is 2. The van der Waals surface area contributed by atoms with Gasteiger partial charge < -0.3 is 15.4 Å². The van der Waals surface area contributed by atoms with Crippen molar-refractivity contribution in [2.24, 2.45) is 5.92 Å². The number of carbonyl (C=O) groups is 2. The number of halogens is 3. The van der Waals surface area contributed by atoms with E-state index >= 15 is 0 Å². The van der Waals surface area contributed by atoms with Crippen LogP contribution in [-0.4, -0.2) is 39.8 Å². The van der Waals surface area contributed by atoms with Crippen LogP contribution in [0, 0.1) is 12.8 Å². The van der Waals surface area contributed by atoms with Gasteiger partial charge in [0.25, 0.3) is 5.91 Å². The molecule has 5 rings (SSSR count). The summed E-state index contributed by atoms with van der Waals surface area (Å²) in [5.74, 6) is -0.848. The number of aromatic nitrogens is 3. The molecule has 4 aromatic rings. The maximum Gasteiger partial charge on any atom is 0.416 e. The molecule has 40 heavy (non-hydrogen) atoms. The molecule has 2 N–H and O–H groups in total. The average molecular weight is 550 g/mol. The summed E-state index contributed by atoms with van der Waals surface area (Å²) in [6, 6.07) is 11.1. The Labute approximate surface area is 228 Å². The summed E-state index contributed by atoms with van der Waals surface area (Å²) in [5.41, 5.74) is 2.93. The monoisotopic (exact) mass is 549 g/mol. The normalized spacial score (nSPS) is 14.1. The lowest BCUT2D eigenvalue weighted by Gasteiger charge is -2.21. The van der Waals surface area contributed by atoms with Crippen LogP contribution in [-0.2, 0) is 15.7 Å². The molecule has 0 saturated carbocycles. The number of aryl methyl sites for hydroxylation is 1. The van der Waals surface area contributed by atoms with Gasteiger partial charge in [-0.15, -0.1) is 0 Å². The van der Waals surface area contributed by atoms with Crippen LogP contribution in [0.2, 0.25) is 0 Å². The Morgan fingerprint density at radius 2 is 1.82 bits per heavy atom. The predicted molar refractivity (Wildman–Crippen MR) is 143 cm³/mol. The molecule has 0 spiro atoms. The Balaban J connectivity index is 1.36. The van der Waals surface area contributed by atoms with Crippen LogP contribution >= 0.6 is 0 Å². The first-order valence-electron chi connectivity index (χ1n) is 12.7. The van der Waals surface area contributed by atoms with Gasteiger partial charge in [-0.2, -0.15) is 18.3 Å². The van der Waals surface area contributed by atoms with Gasteiger partial charge in [0.05, 0.1) is 23.1 Å². The minimum absolute atomic E-state index is 0.0665. The highest BCUT2D eigenvalue weighted by Gasteiger charge is 2.31. The molecule has 11 heteroatoms. The fourth-order valence-electron chi connectivity index (χ4n) is 4.50. The Morgan fingerprint density at radius 3 is 2.60 bits per heavy atom. The van der Waals surface area contributed by atoms with Gasteiger partial charge in [0, 0.05) is 60.1 Å². The van der Waals surface area contributed by atoms with E-state index in [1.807, 2.05) is 6.92 Å². The van der Waals surface area contributed by atoms with Crippen molar-refractivity contribution in [2.45, 2.75) is 25.9 Å². The van der Waals surface area contributed by atoms with E-state index in [-0.39, 0.29) is 17.4 Å². The van der Waals surface area contributed by atoms with Crippen molar-refractivity contribution >= 4 is 23.2 Å². The molecule has 3 heterocycles. The number of benzene rings is 2. The van der Waals surface area contributed by atoms with E-state index in [0.717, 1.165) is 17.7 Å². The molecule has 0 bridgehead atoms. The van der Waals surface area contributed by atoms with Crippen LogP contribution in [0.15, 0.2) is 73.3 Å². The largest absolute Gasteiger partial charge is 0.416 e. The first-order chi connectivity index (χ1) is 19.2. The summed E-state index contributed by atoms with van der Waals surface area (Å²) >= 11 is 0. The molecule has 8 nitrogen and oxygen atoms in total. The van der Waals surface area contributed by atoms with E-state index in [0.29, 0.717) is 54.2 Å².